The van der Waals surface area contributed by atoms with Crippen LogP contribution in [0.15, 0.2) is 17.0 Å². The minimum atomic E-state index is 0.417. The van der Waals surface area contributed by atoms with Crippen LogP contribution in [0.1, 0.15) is 19.8 Å². The third-order valence-corrected chi connectivity index (χ3v) is 3.19. The summed E-state index contributed by atoms with van der Waals surface area (Å²) in [6, 6.07) is 2.32. The highest BCUT2D eigenvalue weighted by Gasteiger charge is 2.14. The van der Waals surface area contributed by atoms with Gasteiger partial charge in [0, 0.05) is 18.7 Å². The Morgan fingerprint density at radius 2 is 2.19 bits per heavy atom. The van der Waals surface area contributed by atoms with Gasteiger partial charge in [-0.3, -0.25) is 0 Å². The standard InChI is InChI=1S/C11H17BrN4/c1-9(7-16-4-2-3-5-16)15-11-6-10(12)13-8-14-11/h6,8-9H,2-5,7H2,1H3,(H,13,14,15). The molecule has 0 radical (unpaired) electrons. The highest BCUT2D eigenvalue weighted by molar-refractivity contribution is 9.10. The van der Waals surface area contributed by atoms with Crippen molar-refractivity contribution < 1.29 is 0 Å². The zero-order chi connectivity index (χ0) is 11.4. The van der Waals surface area contributed by atoms with E-state index in [1.54, 1.807) is 6.33 Å². The number of nitrogens with zero attached hydrogens (tertiary/aromatic N) is 3. The Kier molecular flexibility index (Phi) is 4.12. The third-order valence-electron chi connectivity index (χ3n) is 2.76. The van der Waals surface area contributed by atoms with Crippen molar-refractivity contribution in [2.75, 3.05) is 25.0 Å². The van der Waals surface area contributed by atoms with E-state index in [1.807, 2.05) is 6.07 Å². The van der Waals surface area contributed by atoms with E-state index >= 15 is 0 Å². The van der Waals surface area contributed by atoms with Gasteiger partial charge >= 0.3 is 0 Å². The molecular weight excluding hydrogens is 268 g/mol. The van der Waals surface area contributed by atoms with Gasteiger partial charge in [-0.25, -0.2) is 9.97 Å². The average molecular weight is 285 g/mol. The lowest BCUT2D eigenvalue weighted by molar-refractivity contribution is 0.327. The minimum Gasteiger partial charge on any atom is -0.366 e. The highest BCUT2D eigenvalue weighted by atomic mass is 79.9. The van der Waals surface area contributed by atoms with Gasteiger partial charge in [0.2, 0.25) is 0 Å². The number of likely N-dealkylation sites (tertiary alicyclic amines) is 1. The summed E-state index contributed by atoms with van der Waals surface area (Å²) < 4.78 is 0.818. The monoisotopic (exact) mass is 284 g/mol. The van der Waals surface area contributed by atoms with Crippen LogP contribution in [0.2, 0.25) is 0 Å². The Morgan fingerprint density at radius 3 is 2.88 bits per heavy atom. The summed E-state index contributed by atoms with van der Waals surface area (Å²) in [7, 11) is 0. The number of hydrogen-bond acceptors (Lipinski definition) is 4. The Bertz CT molecular complexity index is 339. The van der Waals surface area contributed by atoms with Crippen molar-refractivity contribution in [1.82, 2.24) is 14.9 Å². The molecule has 1 atom stereocenters. The summed E-state index contributed by atoms with van der Waals surface area (Å²) in [6.45, 7) is 5.74. The molecule has 1 N–H and O–H groups in total. The average Bonchev–Trinajstić information content (AvgIpc) is 2.70. The topological polar surface area (TPSA) is 41.0 Å². The predicted molar refractivity (Wildman–Crippen MR) is 68.5 cm³/mol. The summed E-state index contributed by atoms with van der Waals surface area (Å²) in [4.78, 5) is 10.7. The Balaban J connectivity index is 1.84. The second-order valence-electron chi connectivity index (χ2n) is 4.28. The van der Waals surface area contributed by atoms with Gasteiger partial charge in [0.15, 0.2) is 0 Å². The Hall–Kier alpha value is -0.680. The van der Waals surface area contributed by atoms with Crippen LogP contribution in [-0.2, 0) is 0 Å². The van der Waals surface area contributed by atoms with E-state index in [9.17, 15) is 0 Å². The van der Waals surface area contributed by atoms with Crippen molar-refractivity contribution in [1.29, 1.82) is 0 Å². The first-order valence-corrected chi connectivity index (χ1v) is 6.50. The smallest absolute Gasteiger partial charge is 0.130 e. The van der Waals surface area contributed by atoms with Crippen LogP contribution in [0, 0.1) is 0 Å². The number of hydrogen-bond donors (Lipinski definition) is 1. The number of halogens is 1. The summed E-state index contributed by atoms with van der Waals surface area (Å²) in [5, 5.41) is 3.39. The molecule has 2 rings (SSSR count). The molecule has 1 saturated heterocycles. The van der Waals surface area contributed by atoms with E-state index in [2.05, 4.69) is 43.0 Å². The first-order chi connectivity index (χ1) is 7.74. The van der Waals surface area contributed by atoms with Crippen LogP contribution in [0.4, 0.5) is 5.82 Å². The van der Waals surface area contributed by atoms with Gasteiger partial charge in [0.25, 0.3) is 0 Å². The molecule has 1 aromatic heterocycles. The van der Waals surface area contributed by atoms with Gasteiger partial charge in [0.05, 0.1) is 0 Å². The van der Waals surface area contributed by atoms with Crippen LogP contribution in [-0.4, -0.2) is 40.5 Å². The number of rotatable bonds is 4. The van der Waals surface area contributed by atoms with E-state index in [1.165, 1.54) is 25.9 Å². The maximum atomic E-state index is 4.18. The second-order valence-corrected chi connectivity index (χ2v) is 5.09. The minimum absolute atomic E-state index is 0.417. The summed E-state index contributed by atoms with van der Waals surface area (Å²) in [5.74, 6) is 0.883. The van der Waals surface area contributed by atoms with Crippen LogP contribution in [0.5, 0.6) is 0 Å². The first kappa shape index (κ1) is 11.8. The summed E-state index contributed by atoms with van der Waals surface area (Å²) >= 11 is 3.34. The zero-order valence-electron chi connectivity index (χ0n) is 9.49. The quantitative estimate of drug-likeness (QED) is 0.860. The lowest BCUT2D eigenvalue weighted by Gasteiger charge is -2.21. The molecule has 1 aliphatic rings. The molecule has 1 aromatic rings. The van der Waals surface area contributed by atoms with Gasteiger partial charge in [-0.15, -0.1) is 0 Å². The van der Waals surface area contributed by atoms with Crippen molar-refractivity contribution in [3.8, 4) is 0 Å². The van der Waals surface area contributed by atoms with E-state index in [0.717, 1.165) is 17.0 Å². The van der Waals surface area contributed by atoms with Crippen LogP contribution in [0.3, 0.4) is 0 Å². The van der Waals surface area contributed by atoms with Crippen molar-refractivity contribution in [3.05, 3.63) is 17.0 Å². The fourth-order valence-electron chi connectivity index (χ4n) is 2.06. The predicted octanol–water partition coefficient (Wildman–Crippen LogP) is 2.14. The zero-order valence-corrected chi connectivity index (χ0v) is 11.1. The molecule has 5 heteroatoms. The molecule has 1 aliphatic heterocycles. The molecule has 1 unspecified atom stereocenters. The molecule has 0 bridgehead atoms. The van der Waals surface area contributed by atoms with Crippen molar-refractivity contribution in [3.63, 3.8) is 0 Å². The molecule has 0 saturated carbocycles. The van der Waals surface area contributed by atoms with Crippen molar-refractivity contribution in [2.24, 2.45) is 0 Å². The summed E-state index contributed by atoms with van der Waals surface area (Å²) in [6.07, 6.45) is 4.24. The molecule has 0 aromatic carbocycles. The Labute approximate surface area is 105 Å². The van der Waals surface area contributed by atoms with Gasteiger partial charge in [0.1, 0.15) is 16.7 Å². The van der Waals surface area contributed by atoms with E-state index in [4.69, 9.17) is 0 Å². The number of nitrogens with one attached hydrogen (secondary N) is 1. The number of aromatic nitrogens is 2. The van der Waals surface area contributed by atoms with E-state index in [-0.39, 0.29) is 0 Å². The van der Waals surface area contributed by atoms with Gasteiger partial charge in [-0.2, -0.15) is 0 Å². The lowest BCUT2D eigenvalue weighted by atomic mass is 10.3. The lowest BCUT2D eigenvalue weighted by Crippen LogP contribution is -2.33. The fourth-order valence-corrected chi connectivity index (χ4v) is 2.37. The molecule has 1 fully saturated rings. The molecule has 16 heavy (non-hydrogen) atoms. The largest absolute Gasteiger partial charge is 0.366 e. The molecule has 88 valence electrons. The van der Waals surface area contributed by atoms with E-state index in [0.29, 0.717) is 6.04 Å². The number of anilines is 1. The maximum absolute atomic E-state index is 4.18. The molecule has 2 heterocycles. The maximum Gasteiger partial charge on any atom is 0.130 e. The normalized spacial score (nSPS) is 18.6. The van der Waals surface area contributed by atoms with Gasteiger partial charge in [-0.05, 0) is 48.8 Å². The van der Waals surface area contributed by atoms with Crippen molar-refractivity contribution >= 4 is 21.7 Å². The fraction of sp³-hybridized carbons (Fsp3) is 0.636. The van der Waals surface area contributed by atoms with Gasteiger partial charge in [-0.1, -0.05) is 0 Å². The van der Waals surface area contributed by atoms with Crippen LogP contribution < -0.4 is 5.32 Å². The molecule has 0 spiro atoms. The van der Waals surface area contributed by atoms with Crippen LogP contribution in [0.25, 0.3) is 0 Å². The molecule has 4 nitrogen and oxygen atoms in total. The van der Waals surface area contributed by atoms with Crippen molar-refractivity contribution in [2.45, 2.75) is 25.8 Å². The molecular formula is C11H17BrN4. The molecule has 0 aliphatic carbocycles. The Morgan fingerprint density at radius 1 is 1.44 bits per heavy atom. The second kappa shape index (κ2) is 5.59. The molecule has 0 amide bonds. The van der Waals surface area contributed by atoms with Gasteiger partial charge < -0.3 is 10.2 Å². The SMILES string of the molecule is CC(CN1CCCC1)Nc1cc(Br)ncn1. The first-order valence-electron chi connectivity index (χ1n) is 5.70. The van der Waals surface area contributed by atoms with Crippen LogP contribution >= 0.6 is 15.9 Å². The highest BCUT2D eigenvalue weighted by Crippen LogP contribution is 2.12. The third kappa shape index (κ3) is 3.42. The van der Waals surface area contributed by atoms with E-state index < -0.39 is 0 Å². The summed E-state index contributed by atoms with van der Waals surface area (Å²) in [5.41, 5.74) is 0.